The van der Waals surface area contributed by atoms with Gasteiger partial charge in [0.05, 0.1) is 37.8 Å². The third-order valence-corrected chi connectivity index (χ3v) is 9.30. The Balaban J connectivity index is 1.02. The summed E-state index contributed by atoms with van der Waals surface area (Å²) in [5, 5.41) is 21.7. The summed E-state index contributed by atoms with van der Waals surface area (Å²) in [6.07, 6.45) is 10.2. The van der Waals surface area contributed by atoms with E-state index < -0.39 is 0 Å². The Morgan fingerprint density at radius 1 is 0.565 bits per heavy atom. The number of hydrogen-bond donors (Lipinski definition) is 0. The number of hydrogen-bond acceptors (Lipinski definition) is 6. The third kappa shape index (κ3) is 8.11. The zero-order valence-corrected chi connectivity index (χ0v) is 26.6. The highest BCUT2D eigenvalue weighted by atomic mass is 15.6. The zero-order valence-electron chi connectivity index (χ0n) is 26.6. The van der Waals surface area contributed by atoms with Crippen LogP contribution in [0.4, 0.5) is 0 Å². The minimum Gasteiger partial charge on any atom is -0.286 e. The summed E-state index contributed by atoms with van der Waals surface area (Å²) < 4.78 is 0. The van der Waals surface area contributed by atoms with Gasteiger partial charge < -0.3 is 0 Å². The van der Waals surface area contributed by atoms with Gasteiger partial charge in [-0.3, -0.25) is 15.0 Å². The highest BCUT2D eigenvalue weighted by Crippen LogP contribution is 2.37. The first-order valence-electron chi connectivity index (χ1n) is 16.9. The van der Waals surface area contributed by atoms with Crippen molar-refractivity contribution in [3.63, 3.8) is 0 Å². The average molecular weight is 609 g/mol. The van der Waals surface area contributed by atoms with Gasteiger partial charge in [-0.15, -0.1) is 0 Å². The van der Waals surface area contributed by atoms with Crippen LogP contribution in [0, 0.1) is 5.92 Å². The molecular weight excluding hydrogens is 564 g/mol. The van der Waals surface area contributed by atoms with Crippen molar-refractivity contribution in [2.45, 2.75) is 56.7 Å². The van der Waals surface area contributed by atoms with E-state index in [2.05, 4.69) is 149 Å². The van der Waals surface area contributed by atoms with Gasteiger partial charge in [-0.05, 0) is 66.7 Å². The molecule has 6 heteroatoms. The second kappa shape index (κ2) is 14.6. The molecule has 0 aromatic heterocycles. The van der Waals surface area contributed by atoms with Crippen LogP contribution in [0.1, 0.15) is 72.5 Å². The molecule has 0 saturated carbocycles. The summed E-state index contributed by atoms with van der Waals surface area (Å²) in [6, 6.07) is 44.2. The predicted molar refractivity (Wildman–Crippen MR) is 189 cm³/mol. The highest BCUT2D eigenvalue weighted by Gasteiger charge is 2.36. The highest BCUT2D eigenvalue weighted by molar-refractivity contribution is 5.87. The fourth-order valence-electron chi connectivity index (χ4n) is 6.39. The maximum atomic E-state index is 5.36. The minimum atomic E-state index is 0.372. The van der Waals surface area contributed by atoms with Crippen molar-refractivity contribution in [3.8, 4) is 0 Å². The van der Waals surface area contributed by atoms with Gasteiger partial charge in [-0.1, -0.05) is 121 Å². The summed E-state index contributed by atoms with van der Waals surface area (Å²) in [6.45, 7) is 2.99. The molecule has 3 aliphatic heterocycles. The van der Waals surface area contributed by atoms with E-state index in [-0.39, 0.29) is 0 Å². The van der Waals surface area contributed by atoms with Crippen LogP contribution in [-0.2, 0) is 6.42 Å². The summed E-state index contributed by atoms with van der Waals surface area (Å²) in [7, 11) is 0. The number of nitrogens with zero attached hydrogens (tertiary/aromatic N) is 6. The predicted octanol–water partition coefficient (Wildman–Crippen LogP) is 8.29. The average Bonchev–Trinajstić information content (AvgIpc) is 4.02. The van der Waals surface area contributed by atoms with Crippen molar-refractivity contribution in [1.82, 2.24) is 15.0 Å². The molecule has 0 spiro atoms. The molecule has 234 valence electrons. The Morgan fingerprint density at radius 2 is 0.978 bits per heavy atom. The Labute approximate surface area is 273 Å². The van der Waals surface area contributed by atoms with Gasteiger partial charge in [0.2, 0.25) is 0 Å². The maximum absolute atomic E-state index is 5.36. The van der Waals surface area contributed by atoms with Crippen LogP contribution in [0.15, 0.2) is 137 Å². The quantitative estimate of drug-likeness (QED) is 0.0950. The smallest absolute Gasteiger partial charge is 0.0912 e. The molecule has 3 saturated heterocycles. The van der Waals surface area contributed by atoms with E-state index in [4.69, 9.17) is 15.3 Å². The molecule has 46 heavy (non-hydrogen) atoms. The SMILES string of the molecule is C(/CCC(CC/C=N/N1CC1c1ccccc1)/C(CCc1ccccc1)=N/N1CC1c1ccccc1)=N\N1CC1c1ccccc1. The lowest BCUT2D eigenvalue weighted by Crippen LogP contribution is -2.18. The maximum Gasteiger partial charge on any atom is 0.0912 e. The van der Waals surface area contributed by atoms with Crippen molar-refractivity contribution in [1.29, 1.82) is 0 Å². The van der Waals surface area contributed by atoms with Gasteiger partial charge in [0.25, 0.3) is 0 Å². The fourth-order valence-corrected chi connectivity index (χ4v) is 6.39. The summed E-state index contributed by atoms with van der Waals surface area (Å²) >= 11 is 0. The van der Waals surface area contributed by atoms with Gasteiger partial charge in [0, 0.05) is 18.1 Å². The van der Waals surface area contributed by atoms with Gasteiger partial charge in [0.1, 0.15) is 0 Å². The number of benzene rings is 4. The molecule has 4 aromatic carbocycles. The molecule has 3 aliphatic rings. The molecule has 3 atom stereocenters. The molecule has 0 amide bonds. The van der Waals surface area contributed by atoms with Gasteiger partial charge >= 0.3 is 0 Å². The van der Waals surface area contributed by atoms with E-state index in [0.717, 1.165) is 58.2 Å². The summed E-state index contributed by atoms with van der Waals surface area (Å²) in [4.78, 5) is 0. The van der Waals surface area contributed by atoms with Crippen molar-refractivity contribution in [3.05, 3.63) is 144 Å². The number of rotatable bonds is 16. The minimum absolute atomic E-state index is 0.372. The first-order chi connectivity index (χ1) is 22.8. The zero-order chi connectivity index (χ0) is 31.0. The molecule has 3 fully saturated rings. The Kier molecular flexibility index (Phi) is 9.51. The second-order valence-corrected chi connectivity index (χ2v) is 12.7. The first-order valence-corrected chi connectivity index (χ1v) is 16.9. The Morgan fingerprint density at radius 3 is 1.46 bits per heavy atom. The molecule has 0 N–H and O–H groups in total. The van der Waals surface area contributed by atoms with E-state index in [0.29, 0.717) is 24.0 Å². The summed E-state index contributed by atoms with van der Waals surface area (Å²) in [5.74, 6) is 0.372. The molecule has 0 aliphatic carbocycles. The van der Waals surface area contributed by atoms with Crippen LogP contribution in [0.3, 0.4) is 0 Å². The van der Waals surface area contributed by atoms with E-state index >= 15 is 0 Å². The largest absolute Gasteiger partial charge is 0.286 e. The van der Waals surface area contributed by atoms with Gasteiger partial charge in [-0.2, -0.15) is 15.3 Å². The second-order valence-electron chi connectivity index (χ2n) is 12.7. The first kappa shape index (κ1) is 30.0. The molecule has 7 rings (SSSR count). The van der Waals surface area contributed by atoms with E-state index in [1.54, 1.807) is 0 Å². The van der Waals surface area contributed by atoms with Gasteiger partial charge in [-0.25, -0.2) is 0 Å². The lowest BCUT2D eigenvalue weighted by atomic mass is 9.89. The molecule has 0 radical (unpaired) electrons. The number of aryl methyl sites for hydroxylation is 1. The fraction of sp³-hybridized carbons (Fsp3) is 0.325. The van der Waals surface area contributed by atoms with Crippen LogP contribution in [0.2, 0.25) is 0 Å². The molecule has 4 aromatic rings. The van der Waals surface area contributed by atoms with E-state index in [1.807, 2.05) is 0 Å². The molecule has 0 bridgehead atoms. The lowest BCUT2D eigenvalue weighted by Gasteiger charge is -2.19. The van der Waals surface area contributed by atoms with Crippen LogP contribution < -0.4 is 0 Å². The van der Waals surface area contributed by atoms with Crippen LogP contribution >= 0.6 is 0 Å². The molecule has 6 nitrogen and oxygen atoms in total. The monoisotopic (exact) mass is 608 g/mol. The standard InChI is InChI=1S/C40H44N6/c1-5-15-32(16-6-1)25-26-37(43-46-31-40(46)36-21-11-4-12-22-36)33(23-13-27-41-44-29-38(44)34-17-7-2-8-18-34)24-14-28-42-45-30-39(45)35-19-9-3-10-20-35/h1-12,15-22,27-28,33,38-40H,13-14,23-26,29-31H2/b41-27+,42-28+,43-37+. The lowest BCUT2D eigenvalue weighted by molar-refractivity contribution is 0.516. The topological polar surface area (TPSA) is 46.1 Å². The normalized spacial score (nSPS) is 21.3. The Hall–Kier alpha value is -4.71. The molecule has 3 heterocycles. The van der Waals surface area contributed by atoms with Gasteiger partial charge in [0.15, 0.2) is 0 Å². The summed E-state index contributed by atoms with van der Waals surface area (Å²) in [5.41, 5.74) is 6.72. The molecule has 3 unspecified atom stereocenters. The van der Waals surface area contributed by atoms with Crippen molar-refractivity contribution in [2.75, 3.05) is 19.6 Å². The van der Waals surface area contributed by atoms with Crippen molar-refractivity contribution >= 4 is 18.1 Å². The van der Waals surface area contributed by atoms with Crippen molar-refractivity contribution in [2.24, 2.45) is 21.2 Å². The van der Waals surface area contributed by atoms with E-state index in [1.165, 1.54) is 28.0 Å². The van der Waals surface area contributed by atoms with E-state index in [9.17, 15) is 0 Å². The number of hydrazone groups is 3. The van der Waals surface area contributed by atoms with Crippen LogP contribution in [0.25, 0.3) is 0 Å². The Bertz CT molecular complexity index is 1540. The third-order valence-electron chi connectivity index (χ3n) is 9.30. The van der Waals surface area contributed by atoms with Crippen molar-refractivity contribution < 1.29 is 0 Å². The van der Waals surface area contributed by atoms with Crippen LogP contribution in [-0.4, -0.2) is 52.8 Å². The molecular formula is C40H44N6. The van der Waals surface area contributed by atoms with Crippen LogP contribution in [0.5, 0.6) is 0 Å².